The molecule has 1 rings (SSSR count). The molecule has 3 N–H and O–H groups in total. The highest BCUT2D eigenvalue weighted by molar-refractivity contribution is 7.09. The van der Waals surface area contributed by atoms with E-state index in [-0.39, 0.29) is 5.41 Å². The largest absolute Gasteiger partial charge is 0.387 e. The fourth-order valence-electron chi connectivity index (χ4n) is 1.79. The Labute approximate surface area is 115 Å². The van der Waals surface area contributed by atoms with Crippen molar-refractivity contribution in [2.75, 3.05) is 20.1 Å². The van der Waals surface area contributed by atoms with Gasteiger partial charge in [-0.15, -0.1) is 11.3 Å². The summed E-state index contributed by atoms with van der Waals surface area (Å²) in [5, 5.41) is 9.65. The fraction of sp³-hybridized carbons (Fsp3) is 0.643. The molecule has 0 aliphatic heterocycles. The summed E-state index contributed by atoms with van der Waals surface area (Å²) in [6.45, 7) is 6.26. The van der Waals surface area contributed by atoms with Crippen LogP contribution in [-0.4, -0.2) is 30.9 Å². The molecular formula is C14H25N3S. The van der Waals surface area contributed by atoms with Gasteiger partial charge in [0.1, 0.15) is 0 Å². The lowest BCUT2D eigenvalue weighted by Crippen LogP contribution is -2.32. The lowest BCUT2D eigenvalue weighted by Gasteiger charge is -2.24. The van der Waals surface area contributed by atoms with E-state index in [1.54, 1.807) is 0 Å². The lowest BCUT2D eigenvalue weighted by molar-refractivity contribution is 0.310. The summed E-state index contributed by atoms with van der Waals surface area (Å²) in [7, 11) is 2.16. The summed E-state index contributed by atoms with van der Waals surface area (Å²) >= 11 is 1.83. The summed E-state index contributed by atoms with van der Waals surface area (Å²) in [4.78, 5) is 3.81. The van der Waals surface area contributed by atoms with Gasteiger partial charge in [-0.2, -0.15) is 0 Å². The maximum Gasteiger partial charge on any atom is 0.0963 e. The molecule has 0 aliphatic rings. The highest BCUT2D eigenvalue weighted by atomic mass is 32.1. The standard InChI is InChI=1S/C14H25N3S/c1-14(2,13(15)16)8-5-9-17(3)10-7-12-6-4-11-18-12/h4,6,11H,5,7-10H2,1-3H3,(H3,15,16). The van der Waals surface area contributed by atoms with Gasteiger partial charge in [0.15, 0.2) is 0 Å². The maximum absolute atomic E-state index is 7.52. The van der Waals surface area contributed by atoms with Gasteiger partial charge in [-0.25, -0.2) is 0 Å². The molecule has 0 bridgehead atoms. The minimum Gasteiger partial charge on any atom is -0.387 e. The number of hydrogen-bond acceptors (Lipinski definition) is 3. The molecule has 0 aromatic carbocycles. The highest BCUT2D eigenvalue weighted by Crippen LogP contribution is 2.21. The monoisotopic (exact) mass is 267 g/mol. The zero-order chi connectivity index (χ0) is 13.6. The van der Waals surface area contributed by atoms with Gasteiger partial charge in [0.25, 0.3) is 0 Å². The first-order valence-electron chi connectivity index (χ1n) is 6.47. The van der Waals surface area contributed by atoms with Gasteiger partial charge in [-0.1, -0.05) is 19.9 Å². The molecule has 4 heteroatoms. The van der Waals surface area contributed by atoms with Gasteiger partial charge in [0, 0.05) is 16.8 Å². The lowest BCUT2D eigenvalue weighted by atomic mass is 9.86. The molecule has 0 spiro atoms. The first-order chi connectivity index (χ1) is 8.42. The van der Waals surface area contributed by atoms with Gasteiger partial charge in [-0.05, 0) is 44.3 Å². The zero-order valence-corrected chi connectivity index (χ0v) is 12.5. The van der Waals surface area contributed by atoms with Crippen LogP contribution in [-0.2, 0) is 6.42 Å². The predicted molar refractivity (Wildman–Crippen MR) is 80.4 cm³/mol. The second kappa shape index (κ2) is 6.90. The number of rotatable bonds is 8. The van der Waals surface area contributed by atoms with Crippen LogP contribution < -0.4 is 5.73 Å². The van der Waals surface area contributed by atoms with Gasteiger partial charge < -0.3 is 10.6 Å². The molecule has 0 unspecified atom stereocenters. The van der Waals surface area contributed by atoms with Crippen molar-refractivity contribution in [3.63, 3.8) is 0 Å². The van der Waals surface area contributed by atoms with Crippen molar-refractivity contribution in [1.82, 2.24) is 4.90 Å². The molecule has 0 aliphatic carbocycles. The van der Waals surface area contributed by atoms with Crippen molar-refractivity contribution in [2.24, 2.45) is 11.1 Å². The van der Waals surface area contributed by atoms with Crippen molar-refractivity contribution in [3.8, 4) is 0 Å². The van der Waals surface area contributed by atoms with Gasteiger partial charge in [0.05, 0.1) is 5.84 Å². The van der Waals surface area contributed by atoms with Crippen LogP contribution in [0.25, 0.3) is 0 Å². The van der Waals surface area contributed by atoms with Crippen LogP contribution in [0.5, 0.6) is 0 Å². The Kier molecular flexibility index (Phi) is 5.82. The van der Waals surface area contributed by atoms with Crippen LogP contribution in [0.2, 0.25) is 0 Å². The van der Waals surface area contributed by atoms with E-state index in [9.17, 15) is 0 Å². The summed E-state index contributed by atoms with van der Waals surface area (Å²) in [6.07, 6.45) is 3.20. The summed E-state index contributed by atoms with van der Waals surface area (Å²) in [5.74, 6) is 0.295. The van der Waals surface area contributed by atoms with Crippen LogP contribution in [0.3, 0.4) is 0 Å². The maximum atomic E-state index is 7.52. The third-order valence-corrected chi connectivity index (χ3v) is 4.33. The Balaban J connectivity index is 2.17. The molecular weight excluding hydrogens is 242 g/mol. The number of nitrogens with zero attached hydrogens (tertiary/aromatic N) is 1. The van der Waals surface area contributed by atoms with E-state index < -0.39 is 0 Å². The van der Waals surface area contributed by atoms with Crippen molar-refractivity contribution < 1.29 is 0 Å². The third kappa shape index (κ3) is 5.19. The fourth-order valence-corrected chi connectivity index (χ4v) is 2.49. The van der Waals surface area contributed by atoms with Crippen LogP contribution in [0, 0.1) is 10.8 Å². The molecule has 1 aromatic rings. The smallest absolute Gasteiger partial charge is 0.0963 e. The molecule has 18 heavy (non-hydrogen) atoms. The number of hydrogen-bond donors (Lipinski definition) is 2. The number of thiophene rings is 1. The molecule has 1 heterocycles. The normalized spacial score (nSPS) is 12.0. The third-order valence-electron chi connectivity index (χ3n) is 3.39. The van der Waals surface area contributed by atoms with E-state index >= 15 is 0 Å². The number of amidine groups is 1. The summed E-state index contributed by atoms with van der Waals surface area (Å²) in [5.41, 5.74) is 5.42. The van der Waals surface area contributed by atoms with Crippen molar-refractivity contribution >= 4 is 17.2 Å². The van der Waals surface area contributed by atoms with E-state index in [0.717, 1.165) is 32.4 Å². The van der Waals surface area contributed by atoms with E-state index in [1.807, 2.05) is 25.2 Å². The van der Waals surface area contributed by atoms with E-state index in [4.69, 9.17) is 11.1 Å². The Morgan fingerprint density at radius 3 is 2.72 bits per heavy atom. The van der Waals surface area contributed by atoms with Crippen molar-refractivity contribution in [3.05, 3.63) is 22.4 Å². The van der Waals surface area contributed by atoms with E-state index in [0.29, 0.717) is 5.84 Å². The van der Waals surface area contributed by atoms with Crippen LogP contribution >= 0.6 is 11.3 Å². The molecule has 102 valence electrons. The highest BCUT2D eigenvalue weighted by Gasteiger charge is 2.20. The Hall–Kier alpha value is -0.870. The van der Waals surface area contributed by atoms with Crippen LogP contribution in [0.4, 0.5) is 0 Å². The average Bonchev–Trinajstić information content (AvgIpc) is 2.78. The topological polar surface area (TPSA) is 53.1 Å². The molecule has 0 atom stereocenters. The Bertz CT molecular complexity index is 357. The molecule has 0 radical (unpaired) electrons. The van der Waals surface area contributed by atoms with E-state index in [1.165, 1.54) is 4.88 Å². The van der Waals surface area contributed by atoms with Gasteiger partial charge in [0.2, 0.25) is 0 Å². The molecule has 0 saturated heterocycles. The number of likely N-dealkylation sites (N-methyl/N-ethyl adjacent to an activating group) is 1. The van der Waals surface area contributed by atoms with Crippen LogP contribution in [0.1, 0.15) is 31.6 Å². The number of nitrogens with two attached hydrogens (primary N) is 1. The Morgan fingerprint density at radius 2 is 2.17 bits per heavy atom. The second-order valence-electron chi connectivity index (χ2n) is 5.53. The van der Waals surface area contributed by atoms with Crippen molar-refractivity contribution in [1.29, 1.82) is 5.41 Å². The van der Waals surface area contributed by atoms with E-state index in [2.05, 4.69) is 29.5 Å². The first-order valence-corrected chi connectivity index (χ1v) is 7.35. The molecule has 1 aromatic heterocycles. The first kappa shape index (κ1) is 15.2. The summed E-state index contributed by atoms with van der Waals surface area (Å²) < 4.78 is 0. The quantitative estimate of drug-likeness (QED) is 0.562. The molecule has 0 saturated carbocycles. The van der Waals surface area contributed by atoms with Crippen LogP contribution in [0.15, 0.2) is 17.5 Å². The average molecular weight is 267 g/mol. The predicted octanol–water partition coefficient (Wildman–Crippen LogP) is 2.96. The minimum absolute atomic E-state index is 0.158. The molecule has 0 fully saturated rings. The van der Waals surface area contributed by atoms with Crippen molar-refractivity contribution in [2.45, 2.75) is 33.1 Å². The Morgan fingerprint density at radius 1 is 1.44 bits per heavy atom. The number of nitrogens with one attached hydrogen (secondary N) is 1. The second-order valence-corrected chi connectivity index (χ2v) is 6.57. The van der Waals surface area contributed by atoms with Gasteiger partial charge >= 0.3 is 0 Å². The zero-order valence-electron chi connectivity index (χ0n) is 11.7. The van der Waals surface area contributed by atoms with Gasteiger partial charge in [-0.3, -0.25) is 5.41 Å². The molecule has 3 nitrogen and oxygen atoms in total. The SMILES string of the molecule is CN(CCCC(C)(C)C(=N)N)CCc1cccs1. The minimum atomic E-state index is -0.158. The summed E-state index contributed by atoms with van der Waals surface area (Å²) in [6, 6.07) is 4.30. The molecule has 0 amide bonds.